The van der Waals surface area contributed by atoms with E-state index in [4.69, 9.17) is 11.6 Å². The van der Waals surface area contributed by atoms with Crippen LogP contribution in [0, 0.1) is 18.3 Å². The predicted octanol–water partition coefficient (Wildman–Crippen LogP) is 2.35. The summed E-state index contributed by atoms with van der Waals surface area (Å²) in [5.74, 6) is -0.335. The lowest BCUT2D eigenvalue weighted by Crippen LogP contribution is -2.48. The summed E-state index contributed by atoms with van der Waals surface area (Å²) in [6.07, 6.45) is -4.82. The Morgan fingerprint density at radius 2 is 2.12 bits per heavy atom. The van der Waals surface area contributed by atoms with Gasteiger partial charge in [0.1, 0.15) is 17.1 Å². The smallest absolute Gasteiger partial charge is 0.358 e. The van der Waals surface area contributed by atoms with Gasteiger partial charge in [0.05, 0.1) is 22.8 Å². The molecule has 0 atom stereocenters. The number of H-pyrrole nitrogens is 1. The Hall–Kier alpha value is -2.47. The Balaban J connectivity index is 2.38. The van der Waals surface area contributed by atoms with E-state index in [0.717, 1.165) is 0 Å². The third kappa shape index (κ3) is 2.53. The number of carbonyl (C=O) groups excluding carboxylic acids is 1. The summed E-state index contributed by atoms with van der Waals surface area (Å²) in [6.45, 7) is 1.98. The van der Waals surface area contributed by atoms with Crippen LogP contribution in [0.4, 0.5) is 18.9 Å². The molecule has 0 unspecified atom stereocenters. The minimum Gasteiger partial charge on any atom is -0.358 e. The Morgan fingerprint density at radius 3 is 2.71 bits per heavy atom. The van der Waals surface area contributed by atoms with E-state index in [9.17, 15) is 23.2 Å². The summed E-state index contributed by atoms with van der Waals surface area (Å²) < 4.78 is 40.1. The van der Waals surface area contributed by atoms with Gasteiger partial charge in [0.15, 0.2) is 5.69 Å². The number of nitriles is 1. The standard InChI is InChI=1S/C14H11ClF3N5O/c1-6-9(15)10-11(21-6)12(23-3-2-20-8(24)5-23)7(4-19)13(22-10)14(16,17)18/h21H,2-3,5H2,1H3,(H,20,24). The van der Waals surface area contributed by atoms with E-state index in [1.807, 2.05) is 0 Å². The monoisotopic (exact) mass is 357 g/mol. The summed E-state index contributed by atoms with van der Waals surface area (Å²) in [4.78, 5) is 19.5. The largest absolute Gasteiger partial charge is 0.434 e. The second-order valence-electron chi connectivity index (χ2n) is 5.35. The van der Waals surface area contributed by atoms with E-state index in [0.29, 0.717) is 5.69 Å². The normalized spacial score (nSPS) is 15.5. The molecule has 0 bridgehead atoms. The van der Waals surface area contributed by atoms with Gasteiger partial charge < -0.3 is 15.2 Å². The van der Waals surface area contributed by atoms with Crippen LogP contribution in [0.5, 0.6) is 0 Å². The molecule has 0 spiro atoms. The summed E-state index contributed by atoms with van der Waals surface area (Å²) in [5.41, 5.74) is -1.34. The van der Waals surface area contributed by atoms with Crippen LogP contribution in [0.2, 0.25) is 5.02 Å². The Kier molecular flexibility index (Phi) is 3.80. The summed E-state index contributed by atoms with van der Waals surface area (Å²) in [7, 11) is 0. The average molecular weight is 358 g/mol. The van der Waals surface area contributed by atoms with E-state index in [1.54, 1.807) is 13.0 Å². The van der Waals surface area contributed by atoms with Gasteiger partial charge in [-0.15, -0.1) is 0 Å². The number of nitrogens with zero attached hydrogens (tertiary/aromatic N) is 3. The fourth-order valence-corrected chi connectivity index (χ4v) is 2.91. The number of alkyl halides is 3. The lowest BCUT2D eigenvalue weighted by molar-refractivity contribution is -0.141. The van der Waals surface area contributed by atoms with Crippen molar-refractivity contribution in [2.24, 2.45) is 0 Å². The highest BCUT2D eigenvalue weighted by Gasteiger charge is 2.39. The molecule has 24 heavy (non-hydrogen) atoms. The molecule has 1 amide bonds. The van der Waals surface area contributed by atoms with Gasteiger partial charge in [-0.05, 0) is 6.92 Å². The van der Waals surface area contributed by atoms with Gasteiger partial charge in [0.25, 0.3) is 0 Å². The molecule has 1 aliphatic heterocycles. The number of anilines is 1. The molecule has 0 aromatic carbocycles. The van der Waals surface area contributed by atoms with Crippen molar-refractivity contribution in [1.29, 1.82) is 5.26 Å². The first-order chi connectivity index (χ1) is 11.2. The highest BCUT2D eigenvalue weighted by molar-refractivity contribution is 6.36. The summed E-state index contributed by atoms with van der Waals surface area (Å²) in [6, 6.07) is 1.58. The number of hydrogen-bond donors (Lipinski definition) is 2. The Bertz CT molecular complexity index is 883. The number of aromatic nitrogens is 2. The highest BCUT2D eigenvalue weighted by Crippen LogP contribution is 2.41. The van der Waals surface area contributed by atoms with Crippen molar-refractivity contribution < 1.29 is 18.0 Å². The van der Waals surface area contributed by atoms with Gasteiger partial charge in [-0.1, -0.05) is 11.6 Å². The van der Waals surface area contributed by atoms with Crippen molar-refractivity contribution in [2.75, 3.05) is 24.5 Å². The number of halogens is 4. The lowest BCUT2D eigenvalue weighted by atomic mass is 10.1. The van der Waals surface area contributed by atoms with Gasteiger partial charge >= 0.3 is 6.18 Å². The van der Waals surface area contributed by atoms with Crippen LogP contribution in [0.25, 0.3) is 11.0 Å². The van der Waals surface area contributed by atoms with Gasteiger partial charge in [-0.25, -0.2) is 4.98 Å². The molecule has 1 aliphatic rings. The van der Waals surface area contributed by atoms with E-state index in [-0.39, 0.29) is 47.3 Å². The molecule has 0 saturated carbocycles. The number of pyridine rings is 1. The molecular weight excluding hydrogens is 347 g/mol. The molecule has 10 heteroatoms. The molecule has 1 fully saturated rings. The quantitative estimate of drug-likeness (QED) is 0.820. The average Bonchev–Trinajstić information content (AvgIpc) is 2.79. The lowest BCUT2D eigenvalue weighted by Gasteiger charge is -2.30. The molecule has 2 aromatic heterocycles. The van der Waals surface area contributed by atoms with Crippen LogP contribution in [-0.4, -0.2) is 35.5 Å². The van der Waals surface area contributed by atoms with Gasteiger partial charge in [0, 0.05) is 18.8 Å². The summed E-state index contributed by atoms with van der Waals surface area (Å²) in [5, 5.41) is 12.0. The highest BCUT2D eigenvalue weighted by atomic mass is 35.5. The number of aromatic amines is 1. The van der Waals surface area contributed by atoms with Gasteiger partial charge in [0.2, 0.25) is 5.91 Å². The molecule has 0 radical (unpaired) electrons. The first kappa shape index (κ1) is 16.4. The zero-order chi connectivity index (χ0) is 17.6. The maximum absolute atomic E-state index is 13.4. The molecular formula is C14H11ClF3N5O. The van der Waals surface area contributed by atoms with Crippen LogP contribution in [0.15, 0.2) is 0 Å². The predicted molar refractivity (Wildman–Crippen MR) is 80.8 cm³/mol. The first-order valence-corrected chi connectivity index (χ1v) is 7.32. The minimum absolute atomic E-state index is 0.000301. The molecule has 2 aromatic rings. The van der Waals surface area contributed by atoms with E-state index in [2.05, 4.69) is 15.3 Å². The number of amides is 1. The number of rotatable bonds is 1. The van der Waals surface area contributed by atoms with Crippen LogP contribution in [0.1, 0.15) is 17.0 Å². The first-order valence-electron chi connectivity index (χ1n) is 6.94. The van der Waals surface area contributed by atoms with Gasteiger partial charge in [-0.2, -0.15) is 18.4 Å². The van der Waals surface area contributed by atoms with Crippen LogP contribution < -0.4 is 10.2 Å². The second-order valence-corrected chi connectivity index (χ2v) is 5.73. The maximum atomic E-state index is 13.4. The van der Waals surface area contributed by atoms with E-state index >= 15 is 0 Å². The molecule has 1 saturated heterocycles. The zero-order valence-electron chi connectivity index (χ0n) is 12.4. The maximum Gasteiger partial charge on any atom is 0.434 e. The van der Waals surface area contributed by atoms with E-state index in [1.165, 1.54) is 4.90 Å². The number of nitrogens with one attached hydrogen (secondary N) is 2. The topological polar surface area (TPSA) is 84.8 Å². The molecule has 3 rings (SSSR count). The van der Waals surface area contributed by atoms with Crippen LogP contribution in [0.3, 0.4) is 0 Å². The van der Waals surface area contributed by atoms with E-state index < -0.39 is 17.4 Å². The molecule has 3 heterocycles. The molecule has 2 N–H and O–H groups in total. The van der Waals surface area contributed by atoms with Crippen molar-refractivity contribution in [2.45, 2.75) is 13.1 Å². The fourth-order valence-electron chi connectivity index (χ4n) is 2.73. The van der Waals surface area contributed by atoms with Crippen molar-refractivity contribution in [3.63, 3.8) is 0 Å². The van der Waals surface area contributed by atoms with Crippen molar-refractivity contribution in [3.8, 4) is 6.07 Å². The van der Waals surface area contributed by atoms with Crippen molar-refractivity contribution in [1.82, 2.24) is 15.3 Å². The molecule has 6 nitrogen and oxygen atoms in total. The van der Waals surface area contributed by atoms with Crippen molar-refractivity contribution in [3.05, 3.63) is 22.0 Å². The third-order valence-electron chi connectivity index (χ3n) is 3.76. The number of piperazine rings is 1. The summed E-state index contributed by atoms with van der Waals surface area (Å²) >= 11 is 6.06. The number of hydrogen-bond acceptors (Lipinski definition) is 4. The minimum atomic E-state index is -4.82. The van der Waals surface area contributed by atoms with Crippen LogP contribution in [-0.2, 0) is 11.0 Å². The van der Waals surface area contributed by atoms with Crippen LogP contribution >= 0.6 is 11.6 Å². The number of carbonyl (C=O) groups is 1. The van der Waals surface area contributed by atoms with Crippen molar-refractivity contribution >= 4 is 34.2 Å². The van der Waals surface area contributed by atoms with Gasteiger partial charge in [-0.3, -0.25) is 4.79 Å². The molecule has 0 aliphatic carbocycles. The SMILES string of the molecule is Cc1[nH]c2c(N3CCNC(=O)C3)c(C#N)c(C(F)(F)F)nc2c1Cl. The number of fused-ring (bicyclic) bond motifs is 1. The number of aryl methyl sites for hydroxylation is 1. The Morgan fingerprint density at radius 1 is 1.42 bits per heavy atom. The molecule has 126 valence electrons. The second kappa shape index (κ2) is 5.56. The fraction of sp³-hybridized carbons (Fsp3) is 0.357. The zero-order valence-corrected chi connectivity index (χ0v) is 13.1. The Labute approximate surface area is 139 Å². The third-order valence-corrected chi connectivity index (χ3v) is 4.22.